The number of hydrogen-bond acceptors (Lipinski definition) is 2. The number of benzene rings is 1. The zero-order chi connectivity index (χ0) is 11.4. The lowest BCUT2D eigenvalue weighted by Gasteiger charge is -2.10. The SMILES string of the molecule is Fc1ccc(CNCC2CCCS2)cc1F. The summed E-state index contributed by atoms with van der Waals surface area (Å²) in [6.07, 6.45) is 2.55. The third-order valence-electron chi connectivity index (χ3n) is 2.71. The van der Waals surface area contributed by atoms with Crippen LogP contribution in [0.2, 0.25) is 0 Å². The fourth-order valence-corrected chi connectivity index (χ4v) is 3.07. The van der Waals surface area contributed by atoms with Gasteiger partial charge in [-0.05, 0) is 36.3 Å². The van der Waals surface area contributed by atoms with Crippen molar-refractivity contribution in [2.75, 3.05) is 12.3 Å². The largest absolute Gasteiger partial charge is 0.312 e. The molecule has 1 nitrogen and oxygen atoms in total. The molecule has 0 aliphatic carbocycles. The Morgan fingerprint density at radius 3 is 2.88 bits per heavy atom. The van der Waals surface area contributed by atoms with Crippen molar-refractivity contribution in [3.63, 3.8) is 0 Å². The van der Waals surface area contributed by atoms with E-state index in [1.54, 1.807) is 6.07 Å². The van der Waals surface area contributed by atoms with Crippen LogP contribution in [0.15, 0.2) is 18.2 Å². The van der Waals surface area contributed by atoms with Crippen molar-refractivity contribution in [3.05, 3.63) is 35.4 Å². The minimum Gasteiger partial charge on any atom is -0.312 e. The van der Waals surface area contributed by atoms with E-state index >= 15 is 0 Å². The second-order valence-corrected chi connectivity index (χ2v) is 5.42. The number of rotatable bonds is 4. The van der Waals surface area contributed by atoms with E-state index in [-0.39, 0.29) is 0 Å². The molecule has 1 unspecified atom stereocenters. The van der Waals surface area contributed by atoms with Gasteiger partial charge < -0.3 is 5.32 Å². The van der Waals surface area contributed by atoms with Gasteiger partial charge in [0, 0.05) is 18.3 Å². The van der Waals surface area contributed by atoms with Crippen LogP contribution in [0.3, 0.4) is 0 Å². The molecule has 1 N–H and O–H groups in total. The van der Waals surface area contributed by atoms with Crippen molar-refractivity contribution >= 4 is 11.8 Å². The van der Waals surface area contributed by atoms with Crippen LogP contribution in [-0.4, -0.2) is 17.5 Å². The number of halogens is 2. The third-order valence-corrected chi connectivity index (χ3v) is 4.11. The van der Waals surface area contributed by atoms with E-state index in [1.165, 1.54) is 30.7 Å². The number of nitrogens with one attached hydrogen (secondary N) is 1. The van der Waals surface area contributed by atoms with Crippen molar-refractivity contribution < 1.29 is 8.78 Å². The first-order chi connectivity index (χ1) is 7.75. The van der Waals surface area contributed by atoms with Gasteiger partial charge in [0.25, 0.3) is 0 Å². The van der Waals surface area contributed by atoms with Crippen molar-refractivity contribution in [1.29, 1.82) is 0 Å². The topological polar surface area (TPSA) is 12.0 Å². The molecular formula is C12H15F2NS. The van der Waals surface area contributed by atoms with Crippen LogP contribution < -0.4 is 5.32 Å². The first-order valence-corrected chi connectivity index (χ1v) is 6.57. The summed E-state index contributed by atoms with van der Waals surface area (Å²) in [6.45, 7) is 1.55. The molecule has 2 rings (SSSR count). The molecule has 1 aromatic carbocycles. The van der Waals surface area contributed by atoms with E-state index in [1.807, 2.05) is 11.8 Å². The summed E-state index contributed by atoms with van der Waals surface area (Å²) in [7, 11) is 0. The first-order valence-electron chi connectivity index (χ1n) is 5.52. The van der Waals surface area contributed by atoms with Crippen molar-refractivity contribution in [2.45, 2.75) is 24.6 Å². The average molecular weight is 243 g/mol. The molecule has 0 amide bonds. The van der Waals surface area contributed by atoms with Gasteiger partial charge in [0.1, 0.15) is 0 Å². The van der Waals surface area contributed by atoms with Crippen LogP contribution in [0.1, 0.15) is 18.4 Å². The second kappa shape index (κ2) is 5.64. The summed E-state index contributed by atoms with van der Waals surface area (Å²) >= 11 is 1.99. The van der Waals surface area contributed by atoms with E-state index in [0.29, 0.717) is 11.8 Å². The van der Waals surface area contributed by atoms with Crippen LogP contribution in [0.25, 0.3) is 0 Å². The van der Waals surface area contributed by atoms with Gasteiger partial charge >= 0.3 is 0 Å². The maximum Gasteiger partial charge on any atom is 0.159 e. The maximum absolute atomic E-state index is 12.9. The Morgan fingerprint density at radius 2 is 2.19 bits per heavy atom. The van der Waals surface area contributed by atoms with Crippen LogP contribution >= 0.6 is 11.8 Å². The number of hydrogen-bond donors (Lipinski definition) is 1. The van der Waals surface area contributed by atoms with Crippen LogP contribution in [0, 0.1) is 11.6 Å². The minimum absolute atomic E-state index is 0.605. The molecule has 1 fully saturated rings. The summed E-state index contributed by atoms with van der Waals surface area (Å²) in [6, 6.07) is 4.05. The maximum atomic E-state index is 12.9. The minimum atomic E-state index is -0.782. The quantitative estimate of drug-likeness (QED) is 0.872. The Morgan fingerprint density at radius 1 is 1.31 bits per heavy atom. The highest BCUT2D eigenvalue weighted by molar-refractivity contribution is 8.00. The van der Waals surface area contributed by atoms with Crippen LogP contribution in [0.5, 0.6) is 0 Å². The zero-order valence-corrected chi connectivity index (χ0v) is 9.83. The third kappa shape index (κ3) is 3.19. The molecule has 88 valence electrons. The highest BCUT2D eigenvalue weighted by Crippen LogP contribution is 2.25. The lowest BCUT2D eigenvalue weighted by molar-refractivity contribution is 0.506. The first kappa shape index (κ1) is 11.9. The standard InChI is InChI=1S/C12H15F2NS/c13-11-4-3-9(6-12(11)14)7-15-8-10-2-1-5-16-10/h3-4,6,10,15H,1-2,5,7-8H2. The van der Waals surface area contributed by atoms with E-state index < -0.39 is 11.6 Å². The molecule has 1 aliphatic rings. The number of thioether (sulfide) groups is 1. The Kier molecular flexibility index (Phi) is 4.18. The van der Waals surface area contributed by atoms with Gasteiger partial charge in [-0.25, -0.2) is 8.78 Å². The molecule has 4 heteroatoms. The van der Waals surface area contributed by atoms with Gasteiger partial charge in [-0.15, -0.1) is 0 Å². The molecule has 1 saturated heterocycles. The van der Waals surface area contributed by atoms with Crippen molar-refractivity contribution in [3.8, 4) is 0 Å². The van der Waals surface area contributed by atoms with Gasteiger partial charge in [0.05, 0.1) is 0 Å². The van der Waals surface area contributed by atoms with Gasteiger partial charge in [0.2, 0.25) is 0 Å². The zero-order valence-electron chi connectivity index (χ0n) is 9.01. The molecule has 1 atom stereocenters. The summed E-state index contributed by atoms with van der Waals surface area (Å²) < 4.78 is 25.6. The van der Waals surface area contributed by atoms with Crippen LogP contribution in [-0.2, 0) is 6.54 Å². The monoisotopic (exact) mass is 243 g/mol. The molecule has 0 bridgehead atoms. The Hall–Kier alpha value is -0.610. The molecule has 0 aromatic heterocycles. The predicted octanol–water partition coefficient (Wildman–Crippen LogP) is 2.95. The summed E-state index contributed by atoms with van der Waals surface area (Å²) in [4.78, 5) is 0. The predicted molar refractivity (Wildman–Crippen MR) is 63.5 cm³/mol. The summed E-state index contributed by atoms with van der Waals surface area (Å²) in [5.74, 6) is -0.304. The molecule has 1 aliphatic heterocycles. The normalized spacial score (nSPS) is 20.2. The molecule has 1 aromatic rings. The summed E-state index contributed by atoms with van der Waals surface area (Å²) in [5.41, 5.74) is 0.793. The van der Waals surface area contributed by atoms with Crippen molar-refractivity contribution in [1.82, 2.24) is 5.32 Å². The van der Waals surface area contributed by atoms with E-state index in [4.69, 9.17) is 0 Å². The van der Waals surface area contributed by atoms with Crippen LogP contribution in [0.4, 0.5) is 8.78 Å². The Bertz CT molecular complexity index is 351. The summed E-state index contributed by atoms with van der Waals surface area (Å²) in [5, 5.41) is 3.97. The molecule has 0 saturated carbocycles. The second-order valence-electron chi connectivity index (χ2n) is 4.01. The van der Waals surface area contributed by atoms with E-state index in [9.17, 15) is 8.78 Å². The Labute approximate surface area is 98.6 Å². The van der Waals surface area contributed by atoms with E-state index in [0.717, 1.165) is 12.1 Å². The van der Waals surface area contributed by atoms with E-state index in [2.05, 4.69) is 5.32 Å². The fourth-order valence-electron chi connectivity index (χ4n) is 1.83. The fraction of sp³-hybridized carbons (Fsp3) is 0.500. The molecule has 0 radical (unpaired) electrons. The van der Waals surface area contributed by atoms with Gasteiger partial charge in [-0.3, -0.25) is 0 Å². The van der Waals surface area contributed by atoms with Gasteiger partial charge in [0.15, 0.2) is 11.6 Å². The molecule has 16 heavy (non-hydrogen) atoms. The Balaban J connectivity index is 1.78. The lowest BCUT2D eigenvalue weighted by Crippen LogP contribution is -2.22. The lowest BCUT2D eigenvalue weighted by atomic mass is 10.2. The average Bonchev–Trinajstić information content (AvgIpc) is 2.76. The smallest absolute Gasteiger partial charge is 0.159 e. The molecular weight excluding hydrogens is 228 g/mol. The highest BCUT2D eigenvalue weighted by atomic mass is 32.2. The molecule has 0 spiro atoms. The van der Waals surface area contributed by atoms with Gasteiger partial charge in [-0.1, -0.05) is 6.07 Å². The highest BCUT2D eigenvalue weighted by Gasteiger charge is 2.14. The molecule has 1 heterocycles. The van der Waals surface area contributed by atoms with Crippen molar-refractivity contribution in [2.24, 2.45) is 0 Å². The van der Waals surface area contributed by atoms with Gasteiger partial charge in [-0.2, -0.15) is 11.8 Å².